The largest absolute Gasteiger partial charge is 0.411 e. The van der Waals surface area contributed by atoms with Crippen molar-refractivity contribution in [3.63, 3.8) is 0 Å². The van der Waals surface area contributed by atoms with Gasteiger partial charge in [0, 0.05) is 25.8 Å². The zero-order valence-corrected chi connectivity index (χ0v) is 11.7. The number of rotatable bonds is 8. The van der Waals surface area contributed by atoms with Crippen LogP contribution in [0.4, 0.5) is 13.2 Å². The first-order valence-electron chi connectivity index (χ1n) is 6.43. The summed E-state index contributed by atoms with van der Waals surface area (Å²) in [6.45, 7) is -0.757. The molecule has 0 aliphatic carbocycles. The van der Waals surface area contributed by atoms with Crippen LogP contribution in [0.3, 0.4) is 0 Å². The number of alkyl halides is 3. The number of nitrogens with one attached hydrogen (secondary N) is 1. The van der Waals surface area contributed by atoms with Gasteiger partial charge in [-0.05, 0) is 18.1 Å². The van der Waals surface area contributed by atoms with Gasteiger partial charge in [-0.25, -0.2) is 0 Å². The smallest absolute Gasteiger partial charge is 0.380 e. The van der Waals surface area contributed by atoms with Gasteiger partial charge in [0.1, 0.15) is 6.61 Å². The molecule has 0 aliphatic heterocycles. The first kappa shape index (κ1) is 17.5. The molecule has 0 heterocycles. The van der Waals surface area contributed by atoms with Crippen LogP contribution in [0.25, 0.3) is 0 Å². The van der Waals surface area contributed by atoms with E-state index < -0.39 is 12.8 Å². The van der Waals surface area contributed by atoms with Crippen LogP contribution in [0.1, 0.15) is 22.3 Å². The molecule has 1 rings (SSSR count). The van der Waals surface area contributed by atoms with Crippen molar-refractivity contribution in [2.24, 2.45) is 0 Å². The Morgan fingerprint density at radius 1 is 1.29 bits per heavy atom. The van der Waals surface area contributed by atoms with Crippen molar-refractivity contribution in [3.8, 4) is 0 Å². The second-order valence-electron chi connectivity index (χ2n) is 4.37. The van der Waals surface area contributed by atoms with Crippen molar-refractivity contribution >= 4 is 5.91 Å². The maximum absolute atomic E-state index is 11.9. The van der Waals surface area contributed by atoms with Crippen LogP contribution in [0.2, 0.25) is 0 Å². The highest BCUT2D eigenvalue weighted by atomic mass is 19.4. The molecular formula is C14H18F3NO3. The van der Waals surface area contributed by atoms with Crippen LogP contribution in [0, 0.1) is 0 Å². The monoisotopic (exact) mass is 305 g/mol. The van der Waals surface area contributed by atoms with Crippen LogP contribution in [-0.2, 0) is 16.1 Å². The molecule has 1 aromatic rings. The van der Waals surface area contributed by atoms with E-state index in [2.05, 4.69) is 10.1 Å². The average molecular weight is 305 g/mol. The second kappa shape index (κ2) is 8.63. The SMILES string of the molecule is COCc1ccccc1C(=O)NCCCOCC(F)(F)F. The van der Waals surface area contributed by atoms with E-state index >= 15 is 0 Å². The number of carbonyl (C=O) groups is 1. The van der Waals surface area contributed by atoms with E-state index in [0.29, 0.717) is 18.6 Å². The van der Waals surface area contributed by atoms with E-state index in [9.17, 15) is 18.0 Å². The Labute approximate surface area is 121 Å². The van der Waals surface area contributed by atoms with Gasteiger partial charge in [0.15, 0.2) is 0 Å². The van der Waals surface area contributed by atoms with Gasteiger partial charge in [0.25, 0.3) is 5.91 Å². The first-order valence-corrected chi connectivity index (χ1v) is 6.43. The molecule has 0 bridgehead atoms. The van der Waals surface area contributed by atoms with E-state index in [1.165, 1.54) is 7.11 Å². The summed E-state index contributed by atoms with van der Waals surface area (Å²) in [5.74, 6) is -0.279. The Morgan fingerprint density at radius 3 is 2.67 bits per heavy atom. The summed E-state index contributed by atoms with van der Waals surface area (Å²) in [4.78, 5) is 11.9. The lowest BCUT2D eigenvalue weighted by Gasteiger charge is -2.10. The lowest BCUT2D eigenvalue weighted by Crippen LogP contribution is -2.27. The lowest BCUT2D eigenvalue weighted by atomic mass is 10.1. The van der Waals surface area contributed by atoms with Gasteiger partial charge in [-0.1, -0.05) is 18.2 Å². The van der Waals surface area contributed by atoms with Crippen molar-refractivity contribution in [2.45, 2.75) is 19.2 Å². The number of amides is 1. The fraction of sp³-hybridized carbons (Fsp3) is 0.500. The summed E-state index contributed by atoms with van der Waals surface area (Å²) in [5.41, 5.74) is 1.25. The van der Waals surface area contributed by atoms with E-state index in [1.807, 2.05) is 0 Å². The van der Waals surface area contributed by atoms with E-state index in [0.717, 1.165) is 5.56 Å². The fourth-order valence-corrected chi connectivity index (χ4v) is 1.68. The van der Waals surface area contributed by atoms with Gasteiger partial charge >= 0.3 is 6.18 Å². The number of halogens is 3. The maximum atomic E-state index is 11.9. The Kier molecular flexibility index (Phi) is 7.18. The predicted molar refractivity (Wildman–Crippen MR) is 71.0 cm³/mol. The van der Waals surface area contributed by atoms with Gasteiger partial charge in [-0.15, -0.1) is 0 Å². The standard InChI is InChI=1S/C14H18F3NO3/c1-20-9-11-5-2-3-6-12(11)13(19)18-7-4-8-21-10-14(15,16)17/h2-3,5-6H,4,7-10H2,1H3,(H,18,19). The molecule has 118 valence electrons. The highest BCUT2D eigenvalue weighted by Crippen LogP contribution is 2.14. The van der Waals surface area contributed by atoms with Crippen LogP contribution in [-0.4, -0.2) is 39.0 Å². The third kappa shape index (κ3) is 7.10. The summed E-state index contributed by atoms with van der Waals surface area (Å²) in [6, 6.07) is 6.99. The van der Waals surface area contributed by atoms with Crippen molar-refractivity contribution in [2.75, 3.05) is 26.9 Å². The van der Waals surface area contributed by atoms with Crippen molar-refractivity contribution in [1.82, 2.24) is 5.32 Å². The molecule has 1 N–H and O–H groups in total. The molecule has 0 aromatic heterocycles. The van der Waals surface area contributed by atoms with Gasteiger partial charge in [0.05, 0.1) is 6.61 Å². The van der Waals surface area contributed by atoms with E-state index in [-0.39, 0.29) is 19.1 Å². The first-order chi connectivity index (χ1) is 9.94. The molecule has 1 amide bonds. The van der Waals surface area contributed by atoms with Crippen LogP contribution < -0.4 is 5.32 Å². The van der Waals surface area contributed by atoms with Crippen molar-refractivity contribution in [3.05, 3.63) is 35.4 Å². The quantitative estimate of drug-likeness (QED) is 0.751. The molecule has 21 heavy (non-hydrogen) atoms. The summed E-state index contributed by atoms with van der Waals surface area (Å²) >= 11 is 0. The Bertz CT molecular complexity index is 449. The molecule has 0 aliphatic rings. The number of hydrogen-bond donors (Lipinski definition) is 1. The maximum Gasteiger partial charge on any atom is 0.411 e. The Hall–Kier alpha value is -1.60. The Balaban J connectivity index is 2.31. The highest BCUT2D eigenvalue weighted by Gasteiger charge is 2.27. The second-order valence-corrected chi connectivity index (χ2v) is 4.37. The third-order valence-corrected chi connectivity index (χ3v) is 2.58. The zero-order valence-electron chi connectivity index (χ0n) is 11.7. The molecule has 0 saturated heterocycles. The van der Waals surface area contributed by atoms with Crippen molar-refractivity contribution in [1.29, 1.82) is 0 Å². The zero-order chi connectivity index (χ0) is 15.7. The molecule has 0 spiro atoms. The molecule has 1 aromatic carbocycles. The normalized spacial score (nSPS) is 11.4. The lowest BCUT2D eigenvalue weighted by molar-refractivity contribution is -0.173. The molecule has 0 fully saturated rings. The molecule has 4 nitrogen and oxygen atoms in total. The Morgan fingerprint density at radius 2 is 2.00 bits per heavy atom. The summed E-state index contributed by atoms with van der Waals surface area (Å²) < 4.78 is 44.9. The van der Waals surface area contributed by atoms with E-state index in [1.54, 1.807) is 24.3 Å². The van der Waals surface area contributed by atoms with Crippen LogP contribution >= 0.6 is 0 Å². The summed E-state index contributed by atoms with van der Waals surface area (Å²) in [5, 5.41) is 2.64. The molecule has 0 atom stereocenters. The molecule has 0 saturated carbocycles. The topological polar surface area (TPSA) is 47.6 Å². The number of ether oxygens (including phenoxy) is 2. The summed E-state index contributed by atoms with van der Waals surface area (Å²) in [7, 11) is 1.53. The number of hydrogen-bond acceptors (Lipinski definition) is 3. The van der Waals surface area contributed by atoms with E-state index in [4.69, 9.17) is 4.74 Å². The molecule has 7 heteroatoms. The average Bonchev–Trinajstić information content (AvgIpc) is 2.42. The van der Waals surface area contributed by atoms with Crippen LogP contribution in [0.5, 0.6) is 0 Å². The minimum atomic E-state index is -4.32. The fourth-order valence-electron chi connectivity index (χ4n) is 1.68. The minimum absolute atomic E-state index is 0.0560. The van der Waals surface area contributed by atoms with Crippen LogP contribution in [0.15, 0.2) is 24.3 Å². The number of benzene rings is 1. The minimum Gasteiger partial charge on any atom is -0.380 e. The van der Waals surface area contributed by atoms with Gasteiger partial charge in [-0.3, -0.25) is 4.79 Å². The van der Waals surface area contributed by atoms with Gasteiger partial charge < -0.3 is 14.8 Å². The van der Waals surface area contributed by atoms with Gasteiger partial charge in [-0.2, -0.15) is 13.2 Å². The summed E-state index contributed by atoms with van der Waals surface area (Å²) in [6.07, 6.45) is -4.00. The molecule has 0 radical (unpaired) electrons. The number of carbonyl (C=O) groups excluding carboxylic acids is 1. The third-order valence-electron chi connectivity index (χ3n) is 2.58. The molecule has 0 unspecified atom stereocenters. The van der Waals surface area contributed by atoms with Crippen molar-refractivity contribution < 1.29 is 27.4 Å². The molecular weight excluding hydrogens is 287 g/mol. The van der Waals surface area contributed by atoms with Gasteiger partial charge in [0.2, 0.25) is 0 Å². The predicted octanol–water partition coefficient (Wildman–Crippen LogP) is 2.53. The highest BCUT2D eigenvalue weighted by molar-refractivity contribution is 5.95. The number of methoxy groups -OCH3 is 1.